The number of H-pyrrole nitrogens is 2. The first-order valence-corrected chi connectivity index (χ1v) is 5.16. The van der Waals surface area contributed by atoms with Crippen LogP contribution < -0.4 is 11.2 Å². The molecule has 0 spiro atoms. The predicted molar refractivity (Wildman–Crippen MR) is 59.4 cm³/mol. The zero-order valence-corrected chi connectivity index (χ0v) is 8.99. The molecule has 0 aliphatic heterocycles. The van der Waals surface area contributed by atoms with Gasteiger partial charge in [-0.3, -0.25) is 9.78 Å². The predicted octanol–water partition coefficient (Wildman–Crippen LogP) is 0.105. The molecule has 2 rings (SSSR count). The average Bonchev–Trinajstić information content (AvgIpc) is 2.62. The lowest BCUT2D eigenvalue weighted by Crippen LogP contribution is -2.26. The Morgan fingerprint density at radius 2 is 2.31 bits per heavy atom. The van der Waals surface area contributed by atoms with Gasteiger partial charge in [0.25, 0.3) is 5.56 Å². The van der Waals surface area contributed by atoms with Crippen molar-refractivity contribution in [2.24, 2.45) is 5.41 Å². The summed E-state index contributed by atoms with van der Waals surface area (Å²) in [5.74, 6) is -0.0438. The molecule has 16 heavy (non-hydrogen) atoms. The van der Waals surface area contributed by atoms with Crippen molar-refractivity contribution in [3.05, 3.63) is 44.8 Å². The van der Waals surface area contributed by atoms with Crippen molar-refractivity contribution in [3.63, 3.8) is 0 Å². The molecule has 3 N–H and O–H groups in total. The third kappa shape index (κ3) is 1.86. The summed E-state index contributed by atoms with van der Waals surface area (Å²) in [4.78, 5) is 27.1. The largest absolute Gasteiger partial charge is 0.395 e. The lowest BCUT2D eigenvalue weighted by molar-refractivity contribution is 0.180. The number of hydrogen-bond donors (Lipinski definition) is 3. The molecule has 1 aliphatic carbocycles. The van der Waals surface area contributed by atoms with E-state index in [1.165, 1.54) is 6.20 Å². The van der Waals surface area contributed by atoms with Gasteiger partial charge in [-0.05, 0) is 6.42 Å². The molecule has 0 saturated heterocycles. The molecule has 86 valence electrons. The molecule has 0 fully saturated rings. The average molecular weight is 222 g/mol. The second-order valence-electron chi connectivity index (χ2n) is 4.51. The number of aliphatic hydroxyl groups excluding tert-OH is 1. The molecule has 1 aliphatic rings. The Morgan fingerprint density at radius 3 is 2.88 bits per heavy atom. The summed E-state index contributed by atoms with van der Waals surface area (Å²) in [6.45, 7) is 1.99. The van der Waals surface area contributed by atoms with Crippen molar-refractivity contribution in [3.8, 4) is 0 Å². The molecule has 2 atom stereocenters. The van der Waals surface area contributed by atoms with E-state index in [4.69, 9.17) is 0 Å². The summed E-state index contributed by atoms with van der Waals surface area (Å²) < 4.78 is 0. The second-order valence-corrected chi connectivity index (χ2v) is 4.51. The van der Waals surface area contributed by atoms with Crippen LogP contribution in [0.5, 0.6) is 0 Å². The Hall–Kier alpha value is -1.62. The van der Waals surface area contributed by atoms with Crippen LogP contribution in [0.1, 0.15) is 24.8 Å². The zero-order chi connectivity index (χ0) is 11.8. The molecule has 1 unspecified atom stereocenters. The van der Waals surface area contributed by atoms with E-state index in [0.29, 0.717) is 12.0 Å². The molecular formula is C11H14N2O3. The lowest BCUT2D eigenvalue weighted by Gasteiger charge is -2.19. The molecule has 0 amide bonds. The topological polar surface area (TPSA) is 85.9 Å². The van der Waals surface area contributed by atoms with Gasteiger partial charge < -0.3 is 10.1 Å². The first-order valence-electron chi connectivity index (χ1n) is 5.16. The van der Waals surface area contributed by atoms with Crippen LogP contribution in [0.25, 0.3) is 0 Å². The number of aromatic nitrogens is 2. The molecule has 5 heteroatoms. The molecule has 1 aromatic heterocycles. The number of hydrogen-bond acceptors (Lipinski definition) is 3. The number of aliphatic hydroxyl groups is 1. The van der Waals surface area contributed by atoms with Gasteiger partial charge in [-0.1, -0.05) is 19.1 Å². The van der Waals surface area contributed by atoms with Crippen LogP contribution in [0.15, 0.2) is 27.9 Å². The Balaban J connectivity index is 2.32. The smallest absolute Gasteiger partial charge is 0.325 e. The van der Waals surface area contributed by atoms with Crippen molar-refractivity contribution < 1.29 is 5.11 Å². The van der Waals surface area contributed by atoms with E-state index in [-0.39, 0.29) is 23.5 Å². The van der Waals surface area contributed by atoms with E-state index >= 15 is 0 Å². The maximum absolute atomic E-state index is 11.6. The Labute approximate surface area is 91.8 Å². The Morgan fingerprint density at radius 1 is 1.56 bits per heavy atom. The van der Waals surface area contributed by atoms with E-state index in [0.717, 1.165) is 0 Å². The van der Waals surface area contributed by atoms with Gasteiger partial charge in [-0.15, -0.1) is 0 Å². The van der Waals surface area contributed by atoms with E-state index in [9.17, 15) is 14.7 Å². The summed E-state index contributed by atoms with van der Waals surface area (Å²) in [6, 6.07) is 0. The highest BCUT2D eigenvalue weighted by Gasteiger charge is 2.31. The summed E-state index contributed by atoms with van der Waals surface area (Å²) in [6.07, 6.45) is 5.94. The highest BCUT2D eigenvalue weighted by Crippen LogP contribution is 2.38. The first-order chi connectivity index (χ1) is 7.54. The van der Waals surface area contributed by atoms with Crippen molar-refractivity contribution >= 4 is 0 Å². The molecule has 1 heterocycles. The van der Waals surface area contributed by atoms with Gasteiger partial charge >= 0.3 is 5.69 Å². The fourth-order valence-electron chi connectivity index (χ4n) is 2.01. The molecule has 0 bridgehead atoms. The molecule has 1 aromatic rings. The normalized spacial score (nSPS) is 28.5. The van der Waals surface area contributed by atoms with Crippen LogP contribution in [-0.4, -0.2) is 21.7 Å². The van der Waals surface area contributed by atoms with Gasteiger partial charge in [0.05, 0.1) is 6.61 Å². The number of allylic oxidation sites excluding steroid dienone is 1. The van der Waals surface area contributed by atoms with Crippen LogP contribution in [0.4, 0.5) is 0 Å². The SMILES string of the molecule is C[C@@]1(CO)C=CC(c2c[nH]c(=O)[nH]c2=O)C1. The molecular weight excluding hydrogens is 208 g/mol. The number of nitrogens with one attached hydrogen (secondary N) is 2. The molecule has 0 saturated carbocycles. The van der Waals surface area contributed by atoms with Crippen molar-refractivity contribution in [2.75, 3.05) is 6.61 Å². The number of rotatable bonds is 2. The Bertz CT molecular complexity index is 529. The van der Waals surface area contributed by atoms with Gasteiger partial charge in [0.1, 0.15) is 0 Å². The minimum Gasteiger partial charge on any atom is -0.395 e. The minimum atomic E-state index is -0.499. The summed E-state index contributed by atoms with van der Waals surface area (Å²) in [5.41, 5.74) is -0.595. The van der Waals surface area contributed by atoms with E-state index in [2.05, 4.69) is 9.97 Å². The quantitative estimate of drug-likeness (QED) is 0.620. The van der Waals surface area contributed by atoms with Crippen molar-refractivity contribution in [1.82, 2.24) is 9.97 Å². The van der Waals surface area contributed by atoms with Crippen molar-refractivity contribution in [2.45, 2.75) is 19.3 Å². The standard InChI is InChI=1S/C11H14N2O3/c1-11(6-14)3-2-7(4-11)8-5-12-10(16)13-9(8)15/h2-3,5,7,14H,4,6H2,1H3,(H2,12,13,15,16)/t7?,11-/m1/s1. The van der Waals surface area contributed by atoms with Crippen LogP contribution in [-0.2, 0) is 0 Å². The second kappa shape index (κ2) is 3.75. The highest BCUT2D eigenvalue weighted by atomic mass is 16.3. The maximum atomic E-state index is 11.6. The molecule has 0 radical (unpaired) electrons. The summed E-state index contributed by atoms with van der Waals surface area (Å²) in [5, 5.41) is 9.21. The van der Waals surface area contributed by atoms with Crippen LogP contribution in [0, 0.1) is 5.41 Å². The van der Waals surface area contributed by atoms with E-state index in [1.807, 2.05) is 19.1 Å². The van der Waals surface area contributed by atoms with Gasteiger partial charge in [-0.25, -0.2) is 4.79 Å². The fraction of sp³-hybridized carbons (Fsp3) is 0.455. The summed E-state index contributed by atoms with van der Waals surface area (Å²) >= 11 is 0. The summed E-state index contributed by atoms with van der Waals surface area (Å²) in [7, 11) is 0. The maximum Gasteiger partial charge on any atom is 0.325 e. The van der Waals surface area contributed by atoms with Gasteiger partial charge in [-0.2, -0.15) is 0 Å². The van der Waals surface area contributed by atoms with Crippen molar-refractivity contribution in [1.29, 1.82) is 0 Å². The molecule has 0 aromatic carbocycles. The number of aromatic amines is 2. The Kier molecular flexibility index (Phi) is 2.55. The highest BCUT2D eigenvalue weighted by molar-refractivity contribution is 5.24. The third-order valence-corrected chi connectivity index (χ3v) is 3.03. The van der Waals surface area contributed by atoms with Gasteiger partial charge in [0, 0.05) is 23.1 Å². The molecule has 5 nitrogen and oxygen atoms in total. The minimum absolute atomic E-state index is 0.0438. The lowest BCUT2D eigenvalue weighted by atomic mass is 9.87. The zero-order valence-electron chi connectivity index (χ0n) is 8.99. The monoisotopic (exact) mass is 222 g/mol. The van der Waals surface area contributed by atoms with Gasteiger partial charge in [0.15, 0.2) is 0 Å². The fourth-order valence-corrected chi connectivity index (χ4v) is 2.01. The third-order valence-electron chi connectivity index (χ3n) is 3.03. The van der Waals surface area contributed by atoms with E-state index < -0.39 is 5.69 Å². The van der Waals surface area contributed by atoms with Crippen LogP contribution in [0.3, 0.4) is 0 Å². The first kappa shape index (κ1) is 10.9. The van der Waals surface area contributed by atoms with Crippen LogP contribution >= 0.6 is 0 Å². The van der Waals surface area contributed by atoms with E-state index in [1.54, 1.807) is 0 Å². The van der Waals surface area contributed by atoms with Crippen LogP contribution in [0.2, 0.25) is 0 Å². The van der Waals surface area contributed by atoms with Gasteiger partial charge in [0.2, 0.25) is 0 Å².